The van der Waals surface area contributed by atoms with Crippen molar-refractivity contribution in [3.63, 3.8) is 0 Å². The molecule has 9 heteroatoms. The summed E-state index contributed by atoms with van der Waals surface area (Å²) in [4.78, 5) is 30.6. The number of carbonyl (C=O) groups excluding carboxylic acids is 1. The average molecular weight is 397 g/mol. The average Bonchev–Trinajstić information content (AvgIpc) is 2.66. The molecule has 150 valence electrons. The summed E-state index contributed by atoms with van der Waals surface area (Å²) in [6, 6.07) is 3.19. The van der Waals surface area contributed by atoms with Crippen LogP contribution < -0.4 is 16.8 Å². The molecule has 0 atom stereocenters. The van der Waals surface area contributed by atoms with Crippen LogP contribution >= 0.6 is 0 Å². The Labute approximate surface area is 165 Å². The lowest BCUT2D eigenvalue weighted by molar-refractivity contribution is -0.137. The minimum Gasteiger partial charge on any atom is -0.481 e. The topological polar surface area (TPSA) is 144 Å². The lowest BCUT2D eigenvalue weighted by atomic mass is 9.97. The number of nitrogens with two attached hydrogens (primary N) is 2. The van der Waals surface area contributed by atoms with Gasteiger partial charge in [0.2, 0.25) is 5.91 Å². The molecule has 0 aliphatic carbocycles. The Morgan fingerprint density at radius 1 is 1.14 bits per heavy atom. The number of benzene rings is 1. The number of halogens is 1. The first-order valence-electron chi connectivity index (χ1n) is 8.87. The largest absolute Gasteiger partial charge is 0.481 e. The van der Waals surface area contributed by atoms with E-state index < -0.39 is 11.8 Å². The van der Waals surface area contributed by atoms with Gasteiger partial charge in [0.1, 0.15) is 5.82 Å². The first-order valence-corrected chi connectivity index (χ1v) is 8.87. The van der Waals surface area contributed by atoms with Crippen molar-refractivity contribution in [1.82, 2.24) is 9.97 Å². The molecule has 0 unspecified atom stereocenters. The van der Waals surface area contributed by atoms with E-state index >= 15 is 0 Å². The van der Waals surface area contributed by atoms with Gasteiger partial charge in [-0.05, 0) is 36.4 Å². The third kappa shape index (κ3) is 4.23. The van der Waals surface area contributed by atoms with Gasteiger partial charge in [-0.1, -0.05) is 0 Å². The molecule has 0 saturated heterocycles. The Kier molecular flexibility index (Phi) is 5.58. The molecule has 6 N–H and O–H groups in total. The summed E-state index contributed by atoms with van der Waals surface area (Å²) < 4.78 is 14.9. The summed E-state index contributed by atoms with van der Waals surface area (Å²) in [6.45, 7) is 1.77. The maximum absolute atomic E-state index is 14.9. The number of anilines is 3. The van der Waals surface area contributed by atoms with Crippen LogP contribution in [0.2, 0.25) is 0 Å². The molecular weight excluding hydrogens is 377 g/mol. The molecular formula is C20H20FN5O3. The number of hydrogen-bond acceptors (Lipinski definition) is 6. The number of carbonyl (C=O) groups is 2. The fourth-order valence-corrected chi connectivity index (χ4v) is 2.98. The summed E-state index contributed by atoms with van der Waals surface area (Å²) >= 11 is 0. The van der Waals surface area contributed by atoms with E-state index in [1.165, 1.54) is 18.6 Å². The molecule has 2 aromatic heterocycles. The minimum absolute atomic E-state index is 0.0526. The standard InChI is InChI=1S/C20H20FN5O3/c1-10-13(7-24-9-15(10)22)12-5-11-6-16(25-8-14(11)20(23)19(12)21)26-17(27)3-2-4-18(28)29/h5-9H,2-4,22-23H2,1H3,(H,28,29)(H,25,26,27). The van der Waals surface area contributed by atoms with Gasteiger partial charge in [0.15, 0.2) is 5.82 Å². The lowest BCUT2D eigenvalue weighted by Crippen LogP contribution is -2.13. The molecule has 0 spiro atoms. The van der Waals surface area contributed by atoms with Crippen molar-refractivity contribution in [1.29, 1.82) is 0 Å². The Bertz CT molecular complexity index is 1120. The van der Waals surface area contributed by atoms with Crippen LogP contribution in [0.1, 0.15) is 24.8 Å². The van der Waals surface area contributed by atoms with Crippen LogP contribution in [0, 0.1) is 12.7 Å². The van der Waals surface area contributed by atoms with Gasteiger partial charge < -0.3 is 21.9 Å². The maximum Gasteiger partial charge on any atom is 0.303 e. The summed E-state index contributed by atoms with van der Waals surface area (Å²) in [7, 11) is 0. The monoisotopic (exact) mass is 397 g/mol. The predicted molar refractivity (Wildman–Crippen MR) is 109 cm³/mol. The molecule has 3 rings (SSSR count). The van der Waals surface area contributed by atoms with Gasteiger partial charge in [0, 0.05) is 41.7 Å². The van der Waals surface area contributed by atoms with Crippen molar-refractivity contribution in [2.75, 3.05) is 16.8 Å². The molecule has 0 bridgehead atoms. The SMILES string of the molecule is Cc1c(N)cncc1-c1cc2cc(NC(=O)CCCC(=O)O)ncc2c(N)c1F. The summed E-state index contributed by atoms with van der Waals surface area (Å²) in [5.74, 6) is -1.65. The minimum atomic E-state index is -0.960. The number of hydrogen-bond donors (Lipinski definition) is 4. The molecule has 0 aliphatic heterocycles. The molecule has 29 heavy (non-hydrogen) atoms. The highest BCUT2D eigenvalue weighted by Gasteiger charge is 2.16. The van der Waals surface area contributed by atoms with Gasteiger partial charge in [-0.2, -0.15) is 0 Å². The summed E-state index contributed by atoms with van der Waals surface area (Å²) in [6.07, 6.45) is 4.57. The number of carboxylic acids is 1. The number of carboxylic acid groups (broad SMARTS) is 1. The first kappa shape index (κ1) is 20.0. The highest BCUT2D eigenvalue weighted by atomic mass is 19.1. The zero-order valence-electron chi connectivity index (χ0n) is 15.7. The van der Waals surface area contributed by atoms with E-state index in [0.29, 0.717) is 27.6 Å². The van der Waals surface area contributed by atoms with E-state index in [4.69, 9.17) is 16.6 Å². The van der Waals surface area contributed by atoms with Crippen LogP contribution in [0.3, 0.4) is 0 Å². The number of fused-ring (bicyclic) bond motifs is 1. The molecule has 1 aromatic carbocycles. The number of amides is 1. The Morgan fingerprint density at radius 3 is 2.62 bits per heavy atom. The van der Waals surface area contributed by atoms with Crippen LogP contribution in [-0.2, 0) is 9.59 Å². The Balaban J connectivity index is 1.96. The predicted octanol–water partition coefficient (Wildman–Crippen LogP) is 3.10. The molecule has 1 amide bonds. The molecule has 8 nitrogen and oxygen atoms in total. The van der Waals surface area contributed by atoms with Crippen molar-refractivity contribution < 1.29 is 19.1 Å². The molecule has 0 radical (unpaired) electrons. The second-order valence-corrected chi connectivity index (χ2v) is 6.64. The third-order valence-corrected chi connectivity index (χ3v) is 4.61. The van der Waals surface area contributed by atoms with Gasteiger partial charge >= 0.3 is 5.97 Å². The summed E-state index contributed by atoms with van der Waals surface area (Å²) in [5.41, 5.74) is 13.7. The van der Waals surface area contributed by atoms with E-state index in [0.717, 1.165) is 0 Å². The molecule has 0 fully saturated rings. The van der Waals surface area contributed by atoms with Crippen molar-refractivity contribution in [2.24, 2.45) is 0 Å². The number of nitrogens with one attached hydrogen (secondary N) is 1. The maximum atomic E-state index is 14.9. The Hall–Kier alpha value is -3.75. The van der Waals surface area contributed by atoms with E-state index in [1.807, 2.05) is 0 Å². The zero-order valence-corrected chi connectivity index (χ0v) is 15.7. The number of pyridine rings is 2. The molecule has 0 saturated carbocycles. The van der Waals surface area contributed by atoms with Crippen LogP contribution in [0.25, 0.3) is 21.9 Å². The fourth-order valence-electron chi connectivity index (χ4n) is 2.98. The number of nitrogen functional groups attached to an aromatic ring is 2. The van der Waals surface area contributed by atoms with E-state index in [2.05, 4.69) is 15.3 Å². The van der Waals surface area contributed by atoms with E-state index in [-0.39, 0.29) is 42.2 Å². The Morgan fingerprint density at radius 2 is 1.90 bits per heavy atom. The number of aliphatic carboxylic acids is 1. The second-order valence-electron chi connectivity index (χ2n) is 6.64. The third-order valence-electron chi connectivity index (χ3n) is 4.61. The number of aromatic nitrogens is 2. The smallest absolute Gasteiger partial charge is 0.303 e. The lowest BCUT2D eigenvalue weighted by Gasteiger charge is -2.13. The molecule has 3 aromatic rings. The fraction of sp³-hybridized carbons (Fsp3) is 0.200. The molecule has 2 heterocycles. The summed E-state index contributed by atoms with van der Waals surface area (Å²) in [5, 5.41) is 12.2. The van der Waals surface area contributed by atoms with Crippen LogP contribution in [0.5, 0.6) is 0 Å². The van der Waals surface area contributed by atoms with Gasteiger partial charge in [-0.15, -0.1) is 0 Å². The zero-order chi connectivity index (χ0) is 21.1. The van der Waals surface area contributed by atoms with Crippen molar-refractivity contribution >= 4 is 39.8 Å². The quantitative estimate of drug-likeness (QED) is 0.468. The van der Waals surface area contributed by atoms with Crippen LogP contribution in [0.4, 0.5) is 21.6 Å². The second kappa shape index (κ2) is 8.09. The van der Waals surface area contributed by atoms with Crippen molar-refractivity contribution in [3.8, 4) is 11.1 Å². The van der Waals surface area contributed by atoms with Gasteiger partial charge in [0.25, 0.3) is 0 Å². The van der Waals surface area contributed by atoms with Gasteiger partial charge in [0.05, 0.1) is 17.6 Å². The van der Waals surface area contributed by atoms with E-state index in [1.54, 1.807) is 19.1 Å². The number of rotatable bonds is 6. The van der Waals surface area contributed by atoms with Crippen molar-refractivity contribution in [3.05, 3.63) is 42.1 Å². The van der Waals surface area contributed by atoms with Gasteiger partial charge in [-0.3, -0.25) is 14.6 Å². The van der Waals surface area contributed by atoms with Crippen LogP contribution in [0.15, 0.2) is 30.7 Å². The molecule has 0 aliphatic rings. The van der Waals surface area contributed by atoms with E-state index in [9.17, 15) is 14.0 Å². The highest BCUT2D eigenvalue weighted by molar-refractivity contribution is 6.00. The van der Waals surface area contributed by atoms with Gasteiger partial charge in [-0.25, -0.2) is 9.37 Å². The normalized spacial score (nSPS) is 10.8. The number of nitrogens with zero attached hydrogens (tertiary/aromatic N) is 2. The van der Waals surface area contributed by atoms with Crippen LogP contribution in [-0.4, -0.2) is 27.0 Å². The van der Waals surface area contributed by atoms with Crippen molar-refractivity contribution in [2.45, 2.75) is 26.2 Å². The highest BCUT2D eigenvalue weighted by Crippen LogP contribution is 2.35. The first-order chi connectivity index (χ1) is 13.8.